The Morgan fingerprint density at radius 1 is 0.968 bits per heavy atom. The van der Waals surface area contributed by atoms with Crippen LogP contribution in [0.2, 0.25) is 0 Å². The highest BCUT2D eigenvalue weighted by Crippen LogP contribution is 2.41. The number of aromatic carboxylic acids is 1. The van der Waals surface area contributed by atoms with Gasteiger partial charge in [0, 0.05) is 23.1 Å². The van der Waals surface area contributed by atoms with E-state index in [9.17, 15) is 9.59 Å². The molecule has 0 bridgehead atoms. The van der Waals surface area contributed by atoms with Gasteiger partial charge in [0.25, 0.3) is 0 Å². The third kappa shape index (κ3) is 4.57. The number of nitrogens with one attached hydrogen (secondary N) is 1. The van der Waals surface area contributed by atoms with Crippen LogP contribution in [0.5, 0.6) is 0 Å². The van der Waals surface area contributed by atoms with Crippen molar-refractivity contribution in [3.8, 4) is 0 Å². The van der Waals surface area contributed by atoms with Crippen LogP contribution in [0, 0.1) is 5.41 Å². The third-order valence-electron chi connectivity index (χ3n) is 5.36. The third-order valence-corrected chi connectivity index (χ3v) is 6.11. The van der Waals surface area contributed by atoms with E-state index in [4.69, 9.17) is 5.11 Å². The first-order valence-corrected chi connectivity index (χ1v) is 10.9. The number of carboxylic acid groups (broad SMARTS) is 1. The van der Waals surface area contributed by atoms with E-state index in [-0.39, 0.29) is 16.1 Å². The van der Waals surface area contributed by atoms with Crippen LogP contribution in [-0.2, 0) is 0 Å². The molecular weight excluding hydrogens is 406 g/mol. The highest BCUT2D eigenvalue weighted by atomic mass is 32.2. The first kappa shape index (κ1) is 20.9. The topological polar surface area (TPSA) is 66.4 Å². The minimum absolute atomic E-state index is 0.0626. The van der Waals surface area contributed by atoms with Gasteiger partial charge in [-0.1, -0.05) is 62.4 Å². The van der Waals surface area contributed by atoms with Crippen LogP contribution in [-0.4, -0.2) is 16.2 Å². The molecule has 2 N–H and O–H groups in total. The van der Waals surface area contributed by atoms with Crippen molar-refractivity contribution in [3.05, 3.63) is 95.6 Å². The second-order valence-corrected chi connectivity index (χ2v) is 9.08. The van der Waals surface area contributed by atoms with Crippen molar-refractivity contribution in [1.29, 1.82) is 0 Å². The van der Waals surface area contributed by atoms with Crippen LogP contribution in [0.4, 0.5) is 5.69 Å². The number of fused-ring (bicyclic) bond motifs is 1. The van der Waals surface area contributed by atoms with Crippen molar-refractivity contribution in [1.82, 2.24) is 0 Å². The van der Waals surface area contributed by atoms with Gasteiger partial charge in [0.15, 0.2) is 0 Å². The molecule has 0 spiro atoms. The second kappa shape index (κ2) is 8.44. The van der Waals surface area contributed by atoms with Gasteiger partial charge in [0.2, 0.25) is 5.12 Å². The summed E-state index contributed by atoms with van der Waals surface area (Å²) in [6, 6.07) is 18.3. The predicted molar refractivity (Wildman–Crippen MR) is 128 cm³/mol. The maximum Gasteiger partial charge on any atom is 0.335 e. The lowest BCUT2D eigenvalue weighted by Crippen LogP contribution is -2.11. The Bertz CT molecular complexity index is 1220. The molecule has 0 saturated heterocycles. The zero-order chi connectivity index (χ0) is 22.0. The molecule has 0 radical (unpaired) electrons. The van der Waals surface area contributed by atoms with Crippen molar-refractivity contribution in [2.45, 2.75) is 20.3 Å². The summed E-state index contributed by atoms with van der Waals surface area (Å²) in [6.07, 6.45) is 7.37. The van der Waals surface area contributed by atoms with E-state index in [0.29, 0.717) is 5.56 Å². The normalized spacial score (nSPS) is 14.8. The van der Waals surface area contributed by atoms with Gasteiger partial charge in [-0.15, -0.1) is 0 Å². The summed E-state index contributed by atoms with van der Waals surface area (Å²) < 4.78 is 3.25. The summed E-state index contributed by atoms with van der Waals surface area (Å²) in [4.78, 5) is 23.7. The number of carboxylic acids is 1. The summed E-state index contributed by atoms with van der Waals surface area (Å²) in [5.74, 6) is -1.01. The highest BCUT2D eigenvalue weighted by molar-refractivity contribution is 8.15. The average molecular weight is 430 g/mol. The Balaban J connectivity index is 1.65. The van der Waals surface area contributed by atoms with Crippen molar-refractivity contribution >= 4 is 45.1 Å². The number of anilines is 1. The monoisotopic (exact) mass is 429 g/mol. The minimum Gasteiger partial charge on any atom is -0.478 e. The summed E-state index contributed by atoms with van der Waals surface area (Å²) in [6.45, 7) is 4.43. The molecule has 3 aromatic carbocycles. The van der Waals surface area contributed by atoms with E-state index in [1.807, 2.05) is 18.2 Å². The largest absolute Gasteiger partial charge is 0.478 e. The molecule has 3 aromatic rings. The van der Waals surface area contributed by atoms with E-state index in [1.165, 1.54) is 17.7 Å². The SMILES string of the molecule is CC1(C)C=CC=C(c2c(NSC(=O)c3ccc(C(=O)O)cc3)ccc3ccccc23)C1. The van der Waals surface area contributed by atoms with Crippen molar-refractivity contribution in [2.24, 2.45) is 5.41 Å². The van der Waals surface area contributed by atoms with Crippen LogP contribution in [0.25, 0.3) is 16.3 Å². The van der Waals surface area contributed by atoms with Crippen LogP contribution >= 0.6 is 11.9 Å². The standard InChI is InChI=1S/C26H23NO3S/c1-26(2)15-5-7-20(16-26)23-21-8-4-3-6-17(21)13-14-22(23)27-31-25(30)19-11-9-18(10-12-19)24(28)29/h3-15,27H,16H2,1-2H3,(H,28,29). The molecule has 0 unspecified atom stereocenters. The van der Waals surface area contributed by atoms with Gasteiger partial charge in [-0.05, 0) is 58.5 Å². The fraction of sp³-hybridized carbons (Fsp3) is 0.154. The fourth-order valence-corrected chi connectivity index (χ4v) is 4.44. The summed E-state index contributed by atoms with van der Waals surface area (Å²) >= 11 is 1.00. The lowest BCUT2D eigenvalue weighted by atomic mass is 9.79. The number of benzene rings is 3. The van der Waals surface area contributed by atoms with Gasteiger partial charge in [-0.2, -0.15) is 0 Å². The first-order chi connectivity index (χ1) is 14.8. The summed E-state index contributed by atoms with van der Waals surface area (Å²) in [5.41, 5.74) is 3.89. The molecule has 0 saturated carbocycles. The number of carbonyl (C=O) groups excluding carboxylic acids is 1. The molecular formula is C26H23NO3S. The highest BCUT2D eigenvalue weighted by Gasteiger charge is 2.23. The maximum absolute atomic E-state index is 12.7. The van der Waals surface area contributed by atoms with E-state index in [2.05, 4.69) is 55.0 Å². The molecule has 0 atom stereocenters. The van der Waals surface area contributed by atoms with Gasteiger partial charge in [0.05, 0.1) is 11.3 Å². The molecule has 5 heteroatoms. The molecule has 31 heavy (non-hydrogen) atoms. The van der Waals surface area contributed by atoms with Gasteiger partial charge in [0.1, 0.15) is 0 Å². The molecule has 156 valence electrons. The molecule has 0 aliphatic heterocycles. The Morgan fingerprint density at radius 2 is 1.68 bits per heavy atom. The Labute approximate surface area is 185 Å². The molecule has 1 aliphatic carbocycles. The van der Waals surface area contributed by atoms with Crippen molar-refractivity contribution < 1.29 is 14.7 Å². The van der Waals surface area contributed by atoms with Gasteiger partial charge in [-0.3, -0.25) is 4.79 Å². The van der Waals surface area contributed by atoms with E-state index < -0.39 is 5.97 Å². The Morgan fingerprint density at radius 3 is 2.39 bits per heavy atom. The van der Waals surface area contributed by atoms with Crippen LogP contribution in [0.15, 0.2) is 78.9 Å². The molecule has 0 heterocycles. The van der Waals surface area contributed by atoms with Crippen LogP contribution in [0.3, 0.4) is 0 Å². The van der Waals surface area contributed by atoms with E-state index >= 15 is 0 Å². The van der Waals surface area contributed by atoms with Crippen molar-refractivity contribution in [2.75, 3.05) is 4.72 Å². The number of hydrogen-bond acceptors (Lipinski definition) is 4. The Kier molecular flexibility index (Phi) is 5.70. The lowest BCUT2D eigenvalue weighted by Gasteiger charge is -2.27. The quantitative estimate of drug-likeness (QED) is 0.436. The van der Waals surface area contributed by atoms with Gasteiger partial charge in [-0.25, -0.2) is 4.79 Å². The number of rotatable bonds is 5. The molecule has 0 amide bonds. The average Bonchev–Trinajstić information content (AvgIpc) is 2.76. The summed E-state index contributed by atoms with van der Waals surface area (Å²) in [5, 5.41) is 11.2. The smallest absolute Gasteiger partial charge is 0.335 e. The molecule has 4 nitrogen and oxygen atoms in total. The second-order valence-electron chi connectivity index (χ2n) is 8.30. The molecule has 0 aromatic heterocycles. The molecule has 0 fully saturated rings. The maximum atomic E-state index is 12.7. The number of hydrogen-bond donors (Lipinski definition) is 2. The fourth-order valence-electron chi connectivity index (χ4n) is 3.82. The van der Waals surface area contributed by atoms with E-state index in [1.54, 1.807) is 12.1 Å². The Hall–Kier alpha value is -3.31. The number of carbonyl (C=O) groups is 2. The molecule has 4 rings (SSSR count). The zero-order valence-corrected chi connectivity index (χ0v) is 18.2. The van der Waals surface area contributed by atoms with Gasteiger partial charge < -0.3 is 9.83 Å². The zero-order valence-electron chi connectivity index (χ0n) is 17.4. The molecule has 1 aliphatic rings. The van der Waals surface area contributed by atoms with Crippen molar-refractivity contribution in [3.63, 3.8) is 0 Å². The summed E-state index contributed by atoms with van der Waals surface area (Å²) in [7, 11) is 0. The van der Waals surface area contributed by atoms with Gasteiger partial charge >= 0.3 is 5.97 Å². The lowest BCUT2D eigenvalue weighted by molar-refractivity contribution is 0.0696. The minimum atomic E-state index is -1.01. The predicted octanol–water partition coefficient (Wildman–Crippen LogP) is 6.81. The van der Waals surface area contributed by atoms with Crippen LogP contribution in [0.1, 0.15) is 46.5 Å². The van der Waals surface area contributed by atoms with Crippen LogP contribution < -0.4 is 4.72 Å². The first-order valence-electron chi connectivity index (χ1n) is 10.1. The van der Waals surface area contributed by atoms with E-state index in [0.717, 1.165) is 40.4 Å². The number of allylic oxidation sites excluding steroid dienone is 4.